The monoisotopic (exact) mass is 393 g/mol. The highest BCUT2D eigenvalue weighted by Gasteiger charge is 2.22. The highest BCUT2D eigenvalue weighted by Crippen LogP contribution is 2.22. The Morgan fingerprint density at radius 2 is 2.11 bits per heavy atom. The van der Waals surface area contributed by atoms with Gasteiger partial charge in [-0.3, -0.25) is 9.59 Å². The van der Waals surface area contributed by atoms with E-state index in [1.807, 2.05) is 30.0 Å². The molecule has 0 spiro atoms. The zero-order valence-electron chi connectivity index (χ0n) is 16.4. The van der Waals surface area contributed by atoms with E-state index in [1.54, 1.807) is 0 Å². The molecule has 2 amide bonds. The fourth-order valence-electron chi connectivity index (χ4n) is 4.00. The number of amides is 2. The fraction of sp³-hybridized carbons (Fsp3) is 0.619. The van der Waals surface area contributed by atoms with E-state index in [0.717, 1.165) is 56.7 Å². The third kappa shape index (κ3) is 5.94. The van der Waals surface area contributed by atoms with Crippen molar-refractivity contribution in [2.45, 2.75) is 46.0 Å². The number of nitrogens with zero attached hydrogens (tertiary/aromatic N) is 1. The number of anilines is 1. The van der Waals surface area contributed by atoms with Crippen molar-refractivity contribution < 1.29 is 9.59 Å². The molecule has 0 saturated carbocycles. The molecule has 2 aliphatic rings. The fourth-order valence-corrected chi connectivity index (χ4v) is 4.00. The lowest BCUT2D eigenvalue weighted by atomic mass is 9.99. The number of nitrogens with one attached hydrogen (secondary N) is 2. The molecule has 6 heteroatoms. The molecule has 2 aliphatic heterocycles. The summed E-state index contributed by atoms with van der Waals surface area (Å²) in [6, 6.07) is 5.61. The maximum Gasteiger partial charge on any atom is 0.253 e. The van der Waals surface area contributed by atoms with Crippen LogP contribution in [0.5, 0.6) is 0 Å². The van der Waals surface area contributed by atoms with Gasteiger partial charge in [-0.2, -0.15) is 0 Å². The number of piperidine rings is 1. The van der Waals surface area contributed by atoms with Crippen LogP contribution in [0.2, 0.25) is 0 Å². The number of hydrogen-bond acceptors (Lipinski definition) is 3. The molecule has 5 nitrogen and oxygen atoms in total. The largest absolute Gasteiger partial charge is 0.338 e. The van der Waals surface area contributed by atoms with Crippen molar-refractivity contribution in [3.05, 3.63) is 29.3 Å². The van der Waals surface area contributed by atoms with Gasteiger partial charge in [0.1, 0.15) is 0 Å². The SMILES string of the molecule is Cc1cc(C(=O)N2CCCC(C)C2)ccc1NC(=O)CCC1CCNC1.Cl. The van der Waals surface area contributed by atoms with Crippen LogP contribution < -0.4 is 10.6 Å². The number of carbonyl (C=O) groups is 2. The van der Waals surface area contributed by atoms with Crippen molar-refractivity contribution in [1.82, 2.24) is 10.2 Å². The van der Waals surface area contributed by atoms with E-state index >= 15 is 0 Å². The Bertz CT molecular complexity index is 659. The van der Waals surface area contributed by atoms with E-state index < -0.39 is 0 Å². The van der Waals surface area contributed by atoms with Crippen molar-refractivity contribution in [2.24, 2.45) is 11.8 Å². The van der Waals surface area contributed by atoms with Crippen LogP contribution in [0, 0.1) is 18.8 Å². The van der Waals surface area contributed by atoms with Crippen LogP contribution in [0.25, 0.3) is 0 Å². The molecule has 150 valence electrons. The summed E-state index contributed by atoms with van der Waals surface area (Å²) in [6.07, 6.45) is 4.93. The van der Waals surface area contributed by atoms with Gasteiger partial charge in [-0.25, -0.2) is 0 Å². The van der Waals surface area contributed by atoms with Crippen LogP contribution in [0.3, 0.4) is 0 Å². The summed E-state index contributed by atoms with van der Waals surface area (Å²) in [5.41, 5.74) is 2.46. The van der Waals surface area contributed by atoms with Gasteiger partial charge in [0, 0.05) is 30.8 Å². The van der Waals surface area contributed by atoms with Gasteiger partial charge < -0.3 is 15.5 Å². The van der Waals surface area contributed by atoms with Gasteiger partial charge in [-0.15, -0.1) is 12.4 Å². The maximum atomic E-state index is 12.7. The first-order valence-electron chi connectivity index (χ1n) is 9.93. The molecule has 0 bridgehead atoms. The molecule has 1 aromatic rings. The smallest absolute Gasteiger partial charge is 0.253 e. The Hall–Kier alpha value is -1.59. The number of benzene rings is 1. The van der Waals surface area contributed by atoms with Crippen LogP contribution in [0.1, 0.15) is 54.9 Å². The summed E-state index contributed by atoms with van der Waals surface area (Å²) in [6.45, 7) is 7.93. The molecule has 2 heterocycles. The molecule has 0 aromatic heterocycles. The lowest BCUT2D eigenvalue weighted by Crippen LogP contribution is -2.39. The summed E-state index contributed by atoms with van der Waals surface area (Å²) in [7, 11) is 0. The van der Waals surface area contributed by atoms with E-state index in [9.17, 15) is 9.59 Å². The first-order valence-corrected chi connectivity index (χ1v) is 9.93. The molecule has 2 atom stereocenters. The topological polar surface area (TPSA) is 61.4 Å². The lowest BCUT2D eigenvalue weighted by Gasteiger charge is -2.31. The predicted octanol–water partition coefficient (Wildman–Crippen LogP) is 3.62. The Kier molecular flexibility index (Phi) is 8.11. The van der Waals surface area contributed by atoms with Gasteiger partial charge >= 0.3 is 0 Å². The van der Waals surface area contributed by atoms with Crippen LogP contribution >= 0.6 is 12.4 Å². The summed E-state index contributed by atoms with van der Waals surface area (Å²) < 4.78 is 0. The van der Waals surface area contributed by atoms with Gasteiger partial charge in [0.05, 0.1) is 0 Å². The molecule has 2 N–H and O–H groups in total. The third-order valence-corrected chi connectivity index (χ3v) is 5.63. The lowest BCUT2D eigenvalue weighted by molar-refractivity contribution is -0.116. The third-order valence-electron chi connectivity index (χ3n) is 5.63. The molecule has 27 heavy (non-hydrogen) atoms. The molecule has 0 radical (unpaired) electrons. The van der Waals surface area contributed by atoms with Crippen LogP contribution in [-0.4, -0.2) is 42.9 Å². The summed E-state index contributed by atoms with van der Waals surface area (Å²) in [5.74, 6) is 1.35. The van der Waals surface area contributed by atoms with E-state index in [1.165, 1.54) is 6.42 Å². The van der Waals surface area contributed by atoms with Crippen molar-refractivity contribution in [3.8, 4) is 0 Å². The minimum atomic E-state index is 0. The van der Waals surface area contributed by atoms with Crippen LogP contribution in [-0.2, 0) is 4.79 Å². The molecular formula is C21H32ClN3O2. The molecule has 3 rings (SSSR count). The summed E-state index contributed by atoms with van der Waals surface area (Å²) in [5, 5.41) is 6.34. The average molecular weight is 394 g/mol. The molecule has 2 saturated heterocycles. The maximum absolute atomic E-state index is 12.7. The minimum Gasteiger partial charge on any atom is -0.338 e. The molecular weight excluding hydrogens is 362 g/mol. The van der Waals surface area contributed by atoms with E-state index in [-0.39, 0.29) is 24.2 Å². The molecule has 0 aliphatic carbocycles. The van der Waals surface area contributed by atoms with E-state index in [2.05, 4.69) is 17.6 Å². The van der Waals surface area contributed by atoms with Gasteiger partial charge in [0.15, 0.2) is 0 Å². The van der Waals surface area contributed by atoms with Gasteiger partial charge in [-0.05, 0) is 81.3 Å². The van der Waals surface area contributed by atoms with Gasteiger partial charge in [0.25, 0.3) is 5.91 Å². The van der Waals surface area contributed by atoms with E-state index in [0.29, 0.717) is 23.8 Å². The Morgan fingerprint density at radius 1 is 1.30 bits per heavy atom. The highest BCUT2D eigenvalue weighted by molar-refractivity contribution is 5.96. The first kappa shape index (κ1) is 21.7. The average Bonchev–Trinajstić information content (AvgIpc) is 3.14. The van der Waals surface area contributed by atoms with Crippen LogP contribution in [0.4, 0.5) is 5.69 Å². The number of halogens is 1. The van der Waals surface area contributed by atoms with Gasteiger partial charge in [0.2, 0.25) is 5.91 Å². The standard InChI is InChI=1S/C21H31N3O2.ClH/c1-15-4-3-11-24(14-15)21(26)18-6-7-19(16(2)12-18)23-20(25)8-5-17-9-10-22-13-17;/h6-7,12,15,17,22H,3-5,8-11,13-14H2,1-2H3,(H,23,25);1H. The second kappa shape index (κ2) is 10.1. The van der Waals surface area contributed by atoms with Crippen molar-refractivity contribution in [1.29, 1.82) is 0 Å². The number of rotatable bonds is 5. The van der Waals surface area contributed by atoms with Gasteiger partial charge in [-0.1, -0.05) is 6.92 Å². The second-order valence-corrected chi connectivity index (χ2v) is 7.97. The van der Waals surface area contributed by atoms with Crippen LogP contribution in [0.15, 0.2) is 18.2 Å². The Balaban J connectivity index is 0.00000261. The predicted molar refractivity (Wildman–Crippen MR) is 112 cm³/mol. The molecule has 2 unspecified atom stereocenters. The Morgan fingerprint density at radius 3 is 2.78 bits per heavy atom. The van der Waals surface area contributed by atoms with Crippen molar-refractivity contribution in [2.75, 3.05) is 31.5 Å². The molecule has 2 fully saturated rings. The van der Waals surface area contributed by atoms with E-state index in [4.69, 9.17) is 0 Å². The number of aryl methyl sites for hydroxylation is 1. The highest BCUT2D eigenvalue weighted by atomic mass is 35.5. The zero-order chi connectivity index (χ0) is 18.5. The second-order valence-electron chi connectivity index (χ2n) is 7.97. The summed E-state index contributed by atoms with van der Waals surface area (Å²) >= 11 is 0. The first-order chi connectivity index (χ1) is 12.5. The number of hydrogen-bond donors (Lipinski definition) is 2. The minimum absolute atomic E-state index is 0. The Labute approximate surface area is 168 Å². The molecule has 1 aromatic carbocycles. The van der Waals surface area contributed by atoms with Crippen molar-refractivity contribution >= 4 is 29.9 Å². The summed E-state index contributed by atoms with van der Waals surface area (Å²) in [4.78, 5) is 26.9. The quantitative estimate of drug-likeness (QED) is 0.803. The van der Waals surface area contributed by atoms with Crippen molar-refractivity contribution in [3.63, 3.8) is 0 Å². The zero-order valence-corrected chi connectivity index (χ0v) is 17.2. The number of carbonyl (C=O) groups excluding carboxylic acids is 2. The number of likely N-dealkylation sites (tertiary alicyclic amines) is 1. The normalized spacial score (nSPS) is 22.2.